The van der Waals surface area contributed by atoms with Crippen molar-refractivity contribution < 1.29 is 24.5 Å². The van der Waals surface area contributed by atoms with Crippen molar-refractivity contribution >= 4 is 22.6 Å². The van der Waals surface area contributed by atoms with E-state index in [0.29, 0.717) is 23.1 Å². The number of carbonyl (C=O) groups is 2. The van der Waals surface area contributed by atoms with Gasteiger partial charge in [0.2, 0.25) is 11.8 Å². The third-order valence-corrected chi connectivity index (χ3v) is 4.98. The molecular formula is C23H25N3O5. The monoisotopic (exact) mass is 423 g/mol. The fourth-order valence-corrected chi connectivity index (χ4v) is 3.14. The van der Waals surface area contributed by atoms with Gasteiger partial charge in [-0.1, -0.05) is 26.2 Å². The first-order valence-corrected chi connectivity index (χ1v) is 10.2. The van der Waals surface area contributed by atoms with E-state index in [1.165, 1.54) is 42.7 Å². The van der Waals surface area contributed by atoms with Gasteiger partial charge in [-0.15, -0.1) is 10.2 Å². The molecule has 2 amide bonds. The number of hydrogen-bond donors (Lipinski definition) is 2. The van der Waals surface area contributed by atoms with Gasteiger partial charge in [-0.25, -0.2) is 0 Å². The highest BCUT2D eigenvalue weighted by atomic mass is 16.5. The summed E-state index contributed by atoms with van der Waals surface area (Å²) in [5.74, 6) is -1.01. The largest absolute Gasteiger partial charge is 0.494 e. The third kappa shape index (κ3) is 5.09. The van der Waals surface area contributed by atoms with Crippen LogP contribution in [0.5, 0.6) is 17.5 Å². The van der Waals surface area contributed by atoms with Crippen LogP contribution in [-0.2, 0) is 7.05 Å². The number of aromatic nitrogens is 1. The second-order valence-corrected chi connectivity index (χ2v) is 7.21. The maximum Gasteiger partial charge on any atom is 0.295 e. The Bertz CT molecular complexity index is 1120. The normalized spacial score (nSPS) is 11.3. The molecule has 0 aliphatic rings. The molecule has 0 bridgehead atoms. The second-order valence-electron chi connectivity index (χ2n) is 7.21. The number of azo groups is 1. The van der Waals surface area contributed by atoms with Crippen LogP contribution in [-0.4, -0.2) is 33.2 Å². The average Bonchev–Trinajstić information content (AvgIpc) is 3.01. The molecule has 3 aromatic rings. The molecule has 0 radical (unpaired) electrons. The van der Waals surface area contributed by atoms with Crippen LogP contribution in [0.3, 0.4) is 0 Å². The van der Waals surface area contributed by atoms with E-state index in [1.54, 1.807) is 24.3 Å². The summed E-state index contributed by atoms with van der Waals surface area (Å²) in [4.78, 5) is 24.5. The number of benzene rings is 2. The molecule has 8 heteroatoms. The Kier molecular flexibility index (Phi) is 7.02. The van der Waals surface area contributed by atoms with Gasteiger partial charge in [0.1, 0.15) is 5.75 Å². The quantitative estimate of drug-likeness (QED) is 0.392. The first kappa shape index (κ1) is 22.0. The molecule has 0 atom stereocenters. The van der Waals surface area contributed by atoms with Crippen molar-refractivity contribution in [3.05, 3.63) is 53.6 Å². The van der Waals surface area contributed by atoms with Gasteiger partial charge < -0.3 is 14.9 Å². The van der Waals surface area contributed by atoms with Crippen LogP contribution < -0.4 is 4.74 Å². The molecule has 162 valence electrons. The van der Waals surface area contributed by atoms with E-state index in [-0.39, 0.29) is 22.9 Å². The number of amides is 2. The lowest BCUT2D eigenvalue weighted by molar-refractivity contribution is 0.0947. The van der Waals surface area contributed by atoms with Crippen molar-refractivity contribution in [3.63, 3.8) is 0 Å². The minimum Gasteiger partial charge on any atom is -0.494 e. The zero-order valence-corrected chi connectivity index (χ0v) is 17.5. The number of unbranched alkanes of at least 4 members (excludes halogenated alkanes) is 3. The molecule has 31 heavy (non-hydrogen) atoms. The van der Waals surface area contributed by atoms with Crippen LogP contribution in [0.2, 0.25) is 0 Å². The number of ether oxygens (including phenoxy) is 1. The Labute approximate surface area is 179 Å². The van der Waals surface area contributed by atoms with Gasteiger partial charge in [0, 0.05) is 28.9 Å². The molecule has 0 aliphatic carbocycles. The molecule has 0 fully saturated rings. The van der Waals surface area contributed by atoms with Crippen LogP contribution >= 0.6 is 0 Å². The number of carbonyl (C=O) groups excluding carboxylic acids is 2. The maximum absolute atomic E-state index is 12.3. The van der Waals surface area contributed by atoms with Gasteiger partial charge in [-0.05, 0) is 48.9 Å². The molecule has 8 nitrogen and oxygen atoms in total. The number of hydrogen-bond acceptors (Lipinski definition) is 5. The van der Waals surface area contributed by atoms with E-state index in [1.807, 2.05) is 0 Å². The smallest absolute Gasteiger partial charge is 0.295 e. The number of aromatic hydroxyl groups is 2. The SMILES string of the molecule is CCCCCCOc1ccc(C(=O)N=NC(=O)c2ccc3c(O)n(C)c(O)c3c2)cc1. The number of rotatable bonds is 8. The Morgan fingerprint density at radius 2 is 1.48 bits per heavy atom. The van der Waals surface area contributed by atoms with Gasteiger partial charge in [0.05, 0.1) is 6.61 Å². The Morgan fingerprint density at radius 3 is 2.16 bits per heavy atom. The van der Waals surface area contributed by atoms with Crippen molar-refractivity contribution in [2.75, 3.05) is 6.61 Å². The molecule has 3 rings (SSSR count). The predicted molar refractivity (Wildman–Crippen MR) is 116 cm³/mol. The molecule has 0 unspecified atom stereocenters. The van der Waals surface area contributed by atoms with E-state index in [0.717, 1.165) is 12.8 Å². The van der Waals surface area contributed by atoms with E-state index in [4.69, 9.17) is 4.74 Å². The van der Waals surface area contributed by atoms with Crippen molar-refractivity contribution in [2.45, 2.75) is 32.6 Å². The average molecular weight is 423 g/mol. The summed E-state index contributed by atoms with van der Waals surface area (Å²) in [7, 11) is 1.49. The van der Waals surface area contributed by atoms with Crippen molar-refractivity contribution in [1.82, 2.24) is 4.57 Å². The Balaban J connectivity index is 1.62. The van der Waals surface area contributed by atoms with Crippen LogP contribution in [0.1, 0.15) is 53.3 Å². The van der Waals surface area contributed by atoms with E-state index in [2.05, 4.69) is 17.2 Å². The minimum atomic E-state index is -0.731. The van der Waals surface area contributed by atoms with Crippen molar-refractivity contribution in [3.8, 4) is 17.5 Å². The molecule has 1 heterocycles. The molecule has 0 saturated carbocycles. The van der Waals surface area contributed by atoms with Gasteiger partial charge in [0.25, 0.3) is 11.8 Å². The summed E-state index contributed by atoms with van der Waals surface area (Å²) in [5.41, 5.74) is 0.424. The molecule has 1 aromatic heterocycles. The van der Waals surface area contributed by atoms with Crippen molar-refractivity contribution in [2.24, 2.45) is 17.3 Å². The lowest BCUT2D eigenvalue weighted by Gasteiger charge is -2.06. The second kappa shape index (κ2) is 9.88. The van der Waals surface area contributed by atoms with E-state index in [9.17, 15) is 19.8 Å². The molecule has 2 N–H and O–H groups in total. The molecule has 2 aromatic carbocycles. The lowest BCUT2D eigenvalue weighted by Crippen LogP contribution is -2.00. The minimum absolute atomic E-state index is 0.114. The van der Waals surface area contributed by atoms with Gasteiger partial charge in [-0.3, -0.25) is 14.2 Å². The van der Waals surface area contributed by atoms with Crippen LogP contribution in [0, 0.1) is 0 Å². The zero-order valence-electron chi connectivity index (χ0n) is 17.5. The zero-order chi connectivity index (χ0) is 22.4. The summed E-state index contributed by atoms with van der Waals surface area (Å²) in [6, 6.07) is 10.8. The molecule has 0 saturated heterocycles. The number of fused-ring (bicyclic) bond motifs is 1. The predicted octanol–water partition coefficient (Wildman–Crippen LogP) is 4.98. The molecular weight excluding hydrogens is 398 g/mol. The summed E-state index contributed by atoms with van der Waals surface area (Å²) in [6.45, 7) is 2.78. The molecule has 0 spiro atoms. The fourth-order valence-electron chi connectivity index (χ4n) is 3.14. The highest BCUT2D eigenvalue weighted by Crippen LogP contribution is 2.35. The van der Waals surface area contributed by atoms with E-state index >= 15 is 0 Å². The standard InChI is InChI=1S/C23H25N3O5/c1-3-4-5-6-13-31-17-10-7-15(8-11-17)20(27)24-25-21(28)16-9-12-18-19(14-16)23(30)26(2)22(18)29/h7-12,14,29-30H,3-6,13H2,1-2H3. The Morgan fingerprint density at radius 1 is 0.871 bits per heavy atom. The lowest BCUT2D eigenvalue weighted by atomic mass is 10.1. The van der Waals surface area contributed by atoms with Gasteiger partial charge >= 0.3 is 0 Å². The highest BCUT2D eigenvalue weighted by Gasteiger charge is 2.16. The van der Waals surface area contributed by atoms with Crippen LogP contribution in [0.4, 0.5) is 0 Å². The van der Waals surface area contributed by atoms with Crippen molar-refractivity contribution in [1.29, 1.82) is 0 Å². The summed E-state index contributed by atoms with van der Waals surface area (Å²) < 4.78 is 6.84. The third-order valence-electron chi connectivity index (χ3n) is 4.98. The van der Waals surface area contributed by atoms with E-state index < -0.39 is 11.8 Å². The maximum atomic E-state index is 12.3. The number of nitrogens with zero attached hydrogens (tertiary/aromatic N) is 3. The topological polar surface area (TPSA) is 113 Å². The Hall–Kier alpha value is -3.68. The summed E-state index contributed by atoms with van der Waals surface area (Å²) in [5, 5.41) is 27.7. The fraction of sp³-hybridized carbons (Fsp3) is 0.304. The van der Waals surface area contributed by atoms with Gasteiger partial charge in [0.15, 0.2) is 0 Å². The van der Waals surface area contributed by atoms with Gasteiger partial charge in [-0.2, -0.15) is 0 Å². The van der Waals surface area contributed by atoms with Crippen LogP contribution in [0.15, 0.2) is 52.7 Å². The summed E-state index contributed by atoms with van der Waals surface area (Å²) in [6.07, 6.45) is 4.46. The van der Waals surface area contributed by atoms with Crippen LogP contribution in [0.25, 0.3) is 10.8 Å². The first-order valence-electron chi connectivity index (χ1n) is 10.2. The summed E-state index contributed by atoms with van der Waals surface area (Å²) >= 11 is 0. The molecule has 0 aliphatic heterocycles. The first-order chi connectivity index (χ1) is 14.9. The highest BCUT2D eigenvalue weighted by molar-refractivity contribution is 6.03.